The van der Waals surface area contributed by atoms with Crippen molar-refractivity contribution in [2.24, 2.45) is 23.2 Å². The summed E-state index contributed by atoms with van der Waals surface area (Å²) in [6.45, 7) is 3.75. The van der Waals surface area contributed by atoms with Gasteiger partial charge in [0.05, 0.1) is 11.3 Å². The number of allylic oxidation sites excluding steroid dienone is 1. The predicted octanol–water partition coefficient (Wildman–Crippen LogP) is 2.69. The van der Waals surface area contributed by atoms with Crippen LogP contribution >= 0.6 is 0 Å². The minimum absolute atomic E-state index is 0.0435. The number of ketones is 1. The van der Waals surface area contributed by atoms with Gasteiger partial charge in [-0.15, -0.1) is 0 Å². The summed E-state index contributed by atoms with van der Waals surface area (Å²) in [7, 11) is 0. The fraction of sp³-hybridized carbons (Fsp3) is 0.524. The summed E-state index contributed by atoms with van der Waals surface area (Å²) >= 11 is 0. The number of benzene rings is 1. The summed E-state index contributed by atoms with van der Waals surface area (Å²) in [5, 5.41) is 11.3. The van der Waals surface area contributed by atoms with E-state index >= 15 is 0 Å². The second-order valence-electron chi connectivity index (χ2n) is 8.02. The molecule has 4 nitrogen and oxygen atoms in total. The molecule has 4 rings (SSSR count). The van der Waals surface area contributed by atoms with Crippen molar-refractivity contribution in [2.75, 3.05) is 0 Å². The largest absolute Gasteiger partial charge is 0.461 e. The summed E-state index contributed by atoms with van der Waals surface area (Å²) < 4.78 is 5.77. The highest BCUT2D eigenvalue weighted by Crippen LogP contribution is 2.56. The molecule has 0 radical (unpaired) electrons. The maximum absolute atomic E-state index is 12.7. The predicted molar refractivity (Wildman–Crippen MR) is 92.6 cm³/mol. The van der Waals surface area contributed by atoms with Crippen LogP contribution in [0.4, 0.5) is 0 Å². The van der Waals surface area contributed by atoms with Gasteiger partial charge in [-0.25, -0.2) is 0 Å². The van der Waals surface area contributed by atoms with Gasteiger partial charge < -0.3 is 9.84 Å². The summed E-state index contributed by atoms with van der Waals surface area (Å²) in [5.74, 6) is -0.726. The molecule has 0 bridgehead atoms. The van der Waals surface area contributed by atoms with Crippen molar-refractivity contribution in [3.63, 3.8) is 0 Å². The van der Waals surface area contributed by atoms with E-state index in [4.69, 9.17) is 4.74 Å². The van der Waals surface area contributed by atoms with Crippen LogP contribution < -0.4 is 0 Å². The molecule has 1 N–H and O–H groups in total. The van der Waals surface area contributed by atoms with Gasteiger partial charge in [-0.2, -0.15) is 0 Å². The molecule has 1 aromatic carbocycles. The number of carbonyl (C=O) groups excluding carboxylic acids is 2. The highest BCUT2D eigenvalue weighted by atomic mass is 16.6. The molecule has 1 saturated heterocycles. The van der Waals surface area contributed by atoms with E-state index in [2.05, 4.69) is 0 Å². The molecule has 2 aliphatic carbocycles. The third-order valence-corrected chi connectivity index (χ3v) is 6.84. The Morgan fingerprint density at radius 3 is 2.64 bits per heavy atom. The first-order valence-corrected chi connectivity index (χ1v) is 9.08. The molecular weight excluding hydrogens is 316 g/mol. The Bertz CT molecular complexity index is 740. The van der Waals surface area contributed by atoms with Gasteiger partial charge >= 0.3 is 5.97 Å². The van der Waals surface area contributed by atoms with Crippen LogP contribution in [0.5, 0.6) is 0 Å². The van der Waals surface area contributed by atoms with E-state index in [1.54, 1.807) is 13.0 Å². The van der Waals surface area contributed by atoms with Crippen molar-refractivity contribution >= 4 is 11.8 Å². The molecule has 1 aromatic rings. The number of aliphatic hydroxyl groups is 1. The first-order chi connectivity index (χ1) is 11.9. The maximum Gasteiger partial charge on any atom is 0.310 e. The SMILES string of the molecule is C[C@H]1CC[C@@H]2[C@@H](OC(=O)[C@@H]2Cc2ccccc2)[C@]2(C)C(=O)C=C[C@@]12O. The van der Waals surface area contributed by atoms with Gasteiger partial charge in [-0.3, -0.25) is 9.59 Å². The number of rotatable bonds is 2. The van der Waals surface area contributed by atoms with Crippen LogP contribution in [0.3, 0.4) is 0 Å². The van der Waals surface area contributed by atoms with Crippen molar-refractivity contribution in [3.05, 3.63) is 48.0 Å². The standard InChI is InChI=1S/C21H24O4/c1-13-8-9-15-16(12-14-6-4-3-5-7-14)19(23)25-18(15)20(2)17(22)10-11-21(13,20)24/h3-7,10-11,13,15-16,18,24H,8-9,12H2,1-2H3/t13-,15-,16+,18+,20-,21+/m0/s1. The maximum atomic E-state index is 12.7. The van der Waals surface area contributed by atoms with Gasteiger partial charge in [0.2, 0.25) is 0 Å². The van der Waals surface area contributed by atoms with E-state index in [1.807, 2.05) is 37.3 Å². The molecule has 2 fully saturated rings. The lowest BCUT2D eigenvalue weighted by molar-refractivity contribution is -0.166. The van der Waals surface area contributed by atoms with Crippen LogP contribution in [0, 0.1) is 23.2 Å². The van der Waals surface area contributed by atoms with Gasteiger partial charge in [0.15, 0.2) is 5.78 Å². The lowest BCUT2D eigenvalue weighted by Crippen LogP contribution is -2.56. The molecule has 1 heterocycles. The molecule has 25 heavy (non-hydrogen) atoms. The van der Waals surface area contributed by atoms with Gasteiger partial charge in [0.25, 0.3) is 0 Å². The number of esters is 1. The zero-order chi connectivity index (χ0) is 17.8. The number of fused-ring (bicyclic) bond motifs is 3. The summed E-state index contributed by atoms with van der Waals surface area (Å²) in [6.07, 6.45) is 4.70. The molecule has 1 aliphatic heterocycles. The van der Waals surface area contributed by atoms with Crippen LogP contribution in [0.15, 0.2) is 42.5 Å². The van der Waals surface area contributed by atoms with Crippen LogP contribution in [-0.2, 0) is 20.7 Å². The number of hydrogen-bond acceptors (Lipinski definition) is 4. The summed E-state index contributed by atoms with van der Waals surface area (Å²) in [5.41, 5.74) is -1.24. The second-order valence-corrected chi connectivity index (χ2v) is 8.02. The molecule has 0 unspecified atom stereocenters. The Morgan fingerprint density at radius 1 is 1.20 bits per heavy atom. The topological polar surface area (TPSA) is 63.6 Å². The van der Waals surface area contributed by atoms with E-state index in [0.29, 0.717) is 6.42 Å². The number of carbonyl (C=O) groups is 2. The lowest BCUT2D eigenvalue weighted by Gasteiger charge is -2.43. The number of ether oxygens (including phenoxy) is 1. The molecule has 1 saturated carbocycles. The quantitative estimate of drug-likeness (QED) is 0.841. The van der Waals surface area contributed by atoms with E-state index in [-0.39, 0.29) is 29.5 Å². The molecule has 0 spiro atoms. The van der Waals surface area contributed by atoms with Crippen molar-refractivity contribution in [1.29, 1.82) is 0 Å². The third-order valence-electron chi connectivity index (χ3n) is 6.84. The monoisotopic (exact) mass is 340 g/mol. The van der Waals surface area contributed by atoms with Crippen molar-refractivity contribution in [3.8, 4) is 0 Å². The first kappa shape index (κ1) is 16.5. The molecule has 0 amide bonds. The van der Waals surface area contributed by atoms with Crippen molar-refractivity contribution < 1.29 is 19.4 Å². The zero-order valence-corrected chi connectivity index (χ0v) is 14.6. The minimum atomic E-state index is -1.24. The third kappa shape index (κ3) is 2.16. The van der Waals surface area contributed by atoms with Crippen LogP contribution in [-0.4, -0.2) is 28.6 Å². The average molecular weight is 340 g/mol. The fourth-order valence-electron chi connectivity index (χ4n) is 5.14. The Kier molecular flexibility index (Phi) is 3.66. The lowest BCUT2D eigenvalue weighted by atomic mass is 9.64. The molecule has 3 aliphatic rings. The van der Waals surface area contributed by atoms with Crippen molar-refractivity contribution in [2.45, 2.75) is 44.8 Å². The van der Waals surface area contributed by atoms with Gasteiger partial charge in [-0.05, 0) is 49.8 Å². The zero-order valence-electron chi connectivity index (χ0n) is 14.6. The first-order valence-electron chi connectivity index (χ1n) is 9.08. The van der Waals surface area contributed by atoms with Gasteiger partial charge in [0, 0.05) is 5.92 Å². The normalized spacial score (nSPS) is 42.7. The molecule has 6 atom stereocenters. The van der Waals surface area contributed by atoms with E-state index in [9.17, 15) is 14.7 Å². The van der Waals surface area contributed by atoms with Gasteiger partial charge in [0.1, 0.15) is 11.7 Å². The Labute approximate surface area is 147 Å². The Balaban J connectivity index is 1.71. The highest BCUT2D eigenvalue weighted by molar-refractivity contribution is 6.00. The minimum Gasteiger partial charge on any atom is -0.461 e. The van der Waals surface area contributed by atoms with Crippen LogP contribution in [0.25, 0.3) is 0 Å². The molecule has 0 aromatic heterocycles. The molecule has 132 valence electrons. The van der Waals surface area contributed by atoms with Crippen LogP contribution in [0.1, 0.15) is 32.3 Å². The highest BCUT2D eigenvalue weighted by Gasteiger charge is 2.67. The van der Waals surface area contributed by atoms with Gasteiger partial charge in [-0.1, -0.05) is 37.3 Å². The molecular formula is C21H24O4. The Hall–Kier alpha value is -1.94. The van der Waals surface area contributed by atoms with Crippen molar-refractivity contribution in [1.82, 2.24) is 0 Å². The fourth-order valence-corrected chi connectivity index (χ4v) is 5.14. The Morgan fingerprint density at radius 2 is 1.92 bits per heavy atom. The van der Waals surface area contributed by atoms with E-state index < -0.39 is 17.1 Å². The van der Waals surface area contributed by atoms with Crippen LogP contribution in [0.2, 0.25) is 0 Å². The second kappa shape index (κ2) is 5.53. The smallest absolute Gasteiger partial charge is 0.310 e. The summed E-state index contributed by atoms with van der Waals surface area (Å²) in [6, 6.07) is 9.91. The van der Waals surface area contributed by atoms with E-state index in [1.165, 1.54) is 6.08 Å². The molecule has 4 heteroatoms. The average Bonchev–Trinajstić information content (AvgIpc) is 3.02. The summed E-state index contributed by atoms with van der Waals surface area (Å²) in [4.78, 5) is 25.4. The van der Waals surface area contributed by atoms with E-state index in [0.717, 1.165) is 18.4 Å². The number of hydrogen-bond donors (Lipinski definition) is 1.